The van der Waals surface area contributed by atoms with Gasteiger partial charge in [-0.25, -0.2) is 0 Å². The zero-order valence-electron chi connectivity index (χ0n) is 9.96. The minimum absolute atomic E-state index is 0.142. The lowest BCUT2D eigenvalue weighted by molar-refractivity contribution is -0.384. The van der Waals surface area contributed by atoms with Crippen molar-refractivity contribution in [3.05, 3.63) is 64.7 Å². The summed E-state index contributed by atoms with van der Waals surface area (Å²) in [5, 5.41) is 10.8. The molecule has 0 bridgehead atoms. The van der Waals surface area contributed by atoms with E-state index in [0.29, 0.717) is 5.56 Å². The minimum atomic E-state index is -0.359. The highest BCUT2D eigenvalue weighted by atomic mass is 16.6. The van der Waals surface area contributed by atoms with E-state index in [4.69, 9.17) is 0 Å². The van der Waals surface area contributed by atoms with Gasteiger partial charge in [-0.1, -0.05) is 56.3 Å². The van der Waals surface area contributed by atoms with Gasteiger partial charge in [0.1, 0.15) is 0 Å². The molecule has 0 fully saturated rings. The maximum atomic E-state index is 10.8. The minimum Gasteiger partial charge on any atom is -0.258 e. The molecule has 0 aliphatic rings. The Morgan fingerprint density at radius 3 is 2.00 bits per heavy atom. The standard InChI is InChI=1S/C12H9NO2.C2H6/c14-13(15)12-9-5-4-8-11(12)10-6-2-1-3-7-10;1-2/h1-9H;1-2H3. The van der Waals surface area contributed by atoms with Crippen LogP contribution in [0.1, 0.15) is 13.8 Å². The number of nitrogens with zero attached hydrogens (tertiary/aromatic N) is 1. The maximum Gasteiger partial charge on any atom is 0.277 e. The summed E-state index contributed by atoms with van der Waals surface area (Å²) in [6.45, 7) is 4.00. The van der Waals surface area contributed by atoms with Crippen LogP contribution in [0, 0.1) is 10.1 Å². The van der Waals surface area contributed by atoms with E-state index in [0.717, 1.165) is 5.56 Å². The summed E-state index contributed by atoms with van der Waals surface area (Å²) in [5.74, 6) is 0. The average Bonchev–Trinajstić information content (AvgIpc) is 2.42. The van der Waals surface area contributed by atoms with Gasteiger partial charge < -0.3 is 0 Å². The van der Waals surface area contributed by atoms with Crippen LogP contribution < -0.4 is 0 Å². The Kier molecular flexibility index (Phi) is 4.88. The van der Waals surface area contributed by atoms with Gasteiger partial charge in [-0.15, -0.1) is 0 Å². The molecule has 3 heteroatoms. The summed E-state index contributed by atoms with van der Waals surface area (Å²) in [7, 11) is 0. The molecule has 0 spiro atoms. The number of benzene rings is 2. The smallest absolute Gasteiger partial charge is 0.258 e. The lowest BCUT2D eigenvalue weighted by Crippen LogP contribution is -1.90. The van der Waals surface area contributed by atoms with Gasteiger partial charge in [0.25, 0.3) is 5.69 Å². The fourth-order valence-corrected chi connectivity index (χ4v) is 1.49. The molecular weight excluding hydrogens is 214 g/mol. The summed E-state index contributed by atoms with van der Waals surface area (Å²) in [6.07, 6.45) is 0. The van der Waals surface area contributed by atoms with Crippen LogP contribution in [0.4, 0.5) is 5.69 Å². The first-order valence-electron chi connectivity index (χ1n) is 5.58. The highest BCUT2D eigenvalue weighted by molar-refractivity contribution is 5.73. The average molecular weight is 229 g/mol. The van der Waals surface area contributed by atoms with Crippen molar-refractivity contribution in [1.82, 2.24) is 0 Å². The summed E-state index contributed by atoms with van der Waals surface area (Å²) in [6, 6.07) is 16.1. The van der Waals surface area contributed by atoms with Gasteiger partial charge in [0.2, 0.25) is 0 Å². The molecule has 0 aliphatic carbocycles. The van der Waals surface area contributed by atoms with Crippen molar-refractivity contribution in [3.63, 3.8) is 0 Å². The third kappa shape index (κ3) is 3.14. The van der Waals surface area contributed by atoms with E-state index in [9.17, 15) is 10.1 Å². The SMILES string of the molecule is CC.O=[N+]([O-])c1ccccc1-c1ccccc1. The first-order chi connectivity index (χ1) is 8.29. The first-order valence-corrected chi connectivity index (χ1v) is 5.58. The van der Waals surface area contributed by atoms with Gasteiger partial charge in [0.05, 0.1) is 10.5 Å². The largest absolute Gasteiger partial charge is 0.277 e. The van der Waals surface area contributed by atoms with E-state index in [2.05, 4.69) is 0 Å². The molecule has 0 aliphatic heterocycles. The van der Waals surface area contributed by atoms with E-state index in [1.807, 2.05) is 44.2 Å². The lowest BCUT2D eigenvalue weighted by Gasteiger charge is -2.01. The molecule has 88 valence electrons. The molecule has 2 aromatic carbocycles. The van der Waals surface area contributed by atoms with Gasteiger partial charge in [-0.05, 0) is 11.6 Å². The second-order valence-electron chi connectivity index (χ2n) is 3.14. The maximum absolute atomic E-state index is 10.8. The van der Waals surface area contributed by atoms with Crippen molar-refractivity contribution >= 4 is 5.69 Å². The van der Waals surface area contributed by atoms with Crippen molar-refractivity contribution in [2.45, 2.75) is 13.8 Å². The molecule has 2 rings (SSSR count). The third-order valence-electron chi connectivity index (χ3n) is 2.19. The van der Waals surface area contributed by atoms with Gasteiger partial charge in [-0.2, -0.15) is 0 Å². The molecule has 0 saturated heterocycles. The molecule has 0 heterocycles. The van der Waals surface area contributed by atoms with Crippen LogP contribution >= 0.6 is 0 Å². The van der Waals surface area contributed by atoms with Crippen molar-refractivity contribution in [2.75, 3.05) is 0 Å². The molecular formula is C14H15NO2. The quantitative estimate of drug-likeness (QED) is 0.569. The van der Waals surface area contributed by atoms with Gasteiger partial charge >= 0.3 is 0 Å². The predicted octanol–water partition coefficient (Wildman–Crippen LogP) is 4.29. The first kappa shape index (κ1) is 12.9. The van der Waals surface area contributed by atoms with Gasteiger partial charge in [0, 0.05) is 6.07 Å². The molecule has 0 aromatic heterocycles. The fourth-order valence-electron chi connectivity index (χ4n) is 1.49. The lowest BCUT2D eigenvalue weighted by atomic mass is 10.0. The highest BCUT2D eigenvalue weighted by Crippen LogP contribution is 2.28. The van der Waals surface area contributed by atoms with E-state index >= 15 is 0 Å². The van der Waals surface area contributed by atoms with Gasteiger partial charge in [0.15, 0.2) is 0 Å². The number of nitro benzene ring substituents is 1. The van der Waals surface area contributed by atoms with Crippen LogP contribution in [0.3, 0.4) is 0 Å². The Morgan fingerprint density at radius 2 is 1.41 bits per heavy atom. The Hall–Kier alpha value is -2.16. The Labute approximate surface area is 101 Å². The van der Waals surface area contributed by atoms with Crippen LogP contribution in [0.25, 0.3) is 11.1 Å². The van der Waals surface area contributed by atoms with E-state index in [1.54, 1.807) is 18.2 Å². The Bertz CT molecular complexity index is 481. The molecule has 0 unspecified atom stereocenters. The van der Waals surface area contributed by atoms with Crippen molar-refractivity contribution in [1.29, 1.82) is 0 Å². The van der Waals surface area contributed by atoms with Crippen LogP contribution in [0.15, 0.2) is 54.6 Å². The Balaban J connectivity index is 0.000000686. The Morgan fingerprint density at radius 1 is 0.882 bits per heavy atom. The molecule has 3 nitrogen and oxygen atoms in total. The second-order valence-corrected chi connectivity index (χ2v) is 3.14. The second kappa shape index (κ2) is 6.43. The number of nitro groups is 1. The number of para-hydroxylation sites is 1. The van der Waals surface area contributed by atoms with Crippen LogP contribution in [0.5, 0.6) is 0 Å². The molecule has 17 heavy (non-hydrogen) atoms. The molecule has 0 saturated carbocycles. The number of hydrogen-bond acceptors (Lipinski definition) is 2. The molecule has 0 atom stereocenters. The van der Waals surface area contributed by atoms with E-state index < -0.39 is 0 Å². The zero-order chi connectivity index (χ0) is 12.7. The summed E-state index contributed by atoms with van der Waals surface area (Å²) in [4.78, 5) is 10.4. The van der Waals surface area contributed by atoms with E-state index in [-0.39, 0.29) is 10.6 Å². The van der Waals surface area contributed by atoms with Crippen molar-refractivity contribution in [3.8, 4) is 11.1 Å². The molecule has 0 amide bonds. The monoisotopic (exact) mass is 229 g/mol. The van der Waals surface area contributed by atoms with E-state index in [1.165, 1.54) is 6.07 Å². The van der Waals surface area contributed by atoms with Crippen molar-refractivity contribution in [2.24, 2.45) is 0 Å². The highest BCUT2D eigenvalue weighted by Gasteiger charge is 2.12. The number of hydrogen-bond donors (Lipinski definition) is 0. The molecule has 2 aromatic rings. The fraction of sp³-hybridized carbons (Fsp3) is 0.143. The molecule has 0 radical (unpaired) electrons. The van der Waals surface area contributed by atoms with Crippen LogP contribution in [-0.4, -0.2) is 4.92 Å². The predicted molar refractivity (Wildman–Crippen MR) is 69.9 cm³/mol. The van der Waals surface area contributed by atoms with Crippen molar-refractivity contribution < 1.29 is 4.92 Å². The topological polar surface area (TPSA) is 43.1 Å². The normalized spacial score (nSPS) is 9.06. The third-order valence-corrected chi connectivity index (χ3v) is 2.19. The summed E-state index contributed by atoms with van der Waals surface area (Å²) >= 11 is 0. The number of rotatable bonds is 2. The molecule has 0 N–H and O–H groups in total. The summed E-state index contributed by atoms with van der Waals surface area (Å²) in [5.41, 5.74) is 1.66. The summed E-state index contributed by atoms with van der Waals surface area (Å²) < 4.78 is 0. The van der Waals surface area contributed by atoms with Gasteiger partial charge in [-0.3, -0.25) is 10.1 Å². The zero-order valence-corrected chi connectivity index (χ0v) is 9.96. The van der Waals surface area contributed by atoms with Crippen LogP contribution in [-0.2, 0) is 0 Å². The van der Waals surface area contributed by atoms with Crippen LogP contribution in [0.2, 0.25) is 0 Å².